The molecule has 0 aliphatic heterocycles. The van der Waals surface area contributed by atoms with E-state index in [-0.39, 0.29) is 11.3 Å². The minimum absolute atomic E-state index is 0.0959. The maximum absolute atomic E-state index is 13.5. The molecule has 4 N–H and O–H groups in total. The Morgan fingerprint density at radius 3 is 2.40 bits per heavy atom. The first-order valence-corrected chi connectivity index (χ1v) is 6.15. The predicted molar refractivity (Wildman–Crippen MR) is 73.6 cm³/mol. The molecule has 1 amide bonds. The van der Waals surface area contributed by atoms with E-state index in [0.717, 1.165) is 17.2 Å². The van der Waals surface area contributed by atoms with E-state index >= 15 is 0 Å². The van der Waals surface area contributed by atoms with Gasteiger partial charge in [-0.15, -0.1) is 0 Å². The zero-order chi connectivity index (χ0) is 14.5. The fraction of sp³-hybridized carbons (Fsp3) is 0.133. The summed E-state index contributed by atoms with van der Waals surface area (Å²) in [4.78, 5) is 11.8. The van der Waals surface area contributed by atoms with Gasteiger partial charge in [-0.1, -0.05) is 24.3 Å². The summed E-state index contributed by atoms with van der Waals surface area (Å²) in [6.45, 7) is 0.759. The SMILES string of the molecule is NCc1ccc(CNC(=O)c2ccc(O)cc2F)cc1. The highest BCUT2D eigenvalue weighted by molar-refractivity contribution is 5.94. The van der Waals surface area contributed by atoms with Gasteiger partial charge in [0.2, 0.25) is 0 Å². The highest BCUT2D eigenvalue weighted by atomic mass is 19.1. The fourth-order valence-electron chi connectivity index (χ4n) is 1.76. The third kappa shape index (κ3) is 3.33. The van der Waals surface area contributed by atoms with Crippen molar-refractivity contribution in [2.45, 2.75) is 13.1 Å². The Hall–Kier alpha value is -2.40. The van der Waals surface area contributed by atoms with E-state index in [1.165, 1.54) is 12.1 Å². The highest BCUT2D eigenvalue weighted by Gasteiger charge is 2.11. The van der Waals surface area contributed by atoms with Crippen molar-refractivity contribution >= 4 is 5.91 Å². The second-order valence-corrected chi connectivity index (χ2v) is 4.37. The monoisotopic (exact) mass is 274 g/mol. The smallest absolute Gasteiger partial charge is 0.254 e. The molecule has 0 saturated heterocycles. The second kappa shape index (κ2) is 6.16. The number of nitrogens with one attached hydrogen (secondary N) is 1. The number of phenolic OH excluding ortho intramolecular Hbond substituents is 1. The Morgan fingerprint density at radius 1 is 1.15 bits per heavy atom. The lowest BCUT2D eigenvalue weighted by Gasteiger charge is -2.07. The van der Waals surface area contributed by atoms with Gasteiger partial charge in [-0.2, -0.15) is 0 Å². The molecule has 0 spiro atoms. The van der Waals surface area contributed by atoms with E-state index in [1.807, 2.05) is 24.3 Å². The summed E-state index contributed by atoms with van der Waals surface area (Å²) < 4.78 is 13.5. The maximum Gasteiger partial charge on any atom is 0.254 e. The molecule has 0 unspecified atom stereocenters. The van der Waals surface area contributed by atoms with Crippen LogP contribution in [0.2, 0.25) is 0 Å². The normalized spacial score (nSPS) is 10.3. The molecule has 0 radical (unpaired) electrons. The van der Waals surface area contributed by atoms with Gasteiger partial charge in [-0.25, -0.2) is 4.39 Å². The van der Waals surface area contributed by atoms with Gasteiger partial charge in [-0.05, 0) is 23.3 Å². The summed E-state index contributed by atoms with van der Waals surface area (Å²) >= 11 is 0. The number of aromatic hydroxyl groups is 1. The van der Waals surface area contributed by atoms with E-state index in [2.05, 4.69) is 5.32 Å². The third-order valence-corrected chi connectivity index (χ3v) is 2.91. The average molecular weight is 274 g/mol. The molecule has 0 atom stereocenters. The van der Waals surface area contributed by atoms with E-state index < -0.39 is 11.7 Å². The van der Waals surface area contributed by atoms with Gasteiger partial charge < -0.3 is 16.2 Å². The number of hydrogen-bond donors (Lipinski definition) is 3. The molecule has 0 saturated carbocycles. The van der Waals surface area contributed by atoms with Crippen LogP contribution in [-0.2, 0) is 13.1 Å². The van der Waals surface area contributed by atoms with Crippen LogP contribution in [-0.4, -0.2) is 11.0 Å². The van der Waals surface area contributed by atoms with Crippen LogP contribution in [0.4, 0.5) is 4.39 Å². The minimum Gasteiger partial charge on any atom is -0.508 e. The van der Waals surface area contributed by atoms with Crippen molar-refractivity contribution in [3.05, 3.63) is 65.0 Å². The van der Waals surface area contributed by atoms with Gasteiger partial charge in [0.1, 0.15) is 11.6 Å². The van der Waals surface area contributed by atoms with E-state index in [1.54, 1.807) is 0 Å². The van der Waals surface area contributed by atoms with Crippen molar-refractivity contribution in [2.75, 3.05) is 0 Å². The van der Waals surface area contributed by atoms with Crippen LogP contribution in [0, 0.1) is 5.82 Å². The van der Waals surface area contributed by atoms with Crippen LogP contribution >= 0.6 is 0 Å². The van der Waals surface area contributed by atoms with Crippen molar-refractivity contribution in [1.82, 2.24) is 5.32 Å². The van der Waals surface area contributed by atoms with Crippen LogP contribution in [0.5, 0.6) is 5.75 Å². The number of carbonyl (C=O) groups is 1. The van der Waals surface area contributed by atoms with Gasteiger partial charge in [-0.3, -0.25) is 4.79 Å². The van der Waals surface area contributed by atoms with Crippen molar-refractivity contribution in [2.24, 2.45) is 5.73 Å². The predicted octanol–water partition coefficient (Wildman–Crippen LogP) is 1.92. The largest absolute Gasteiger partial charge is 0.508 e. The van der Waals surface area contributed by atoms with Crippen molar-refractivity contribution in [1.29, 1.82) is 0 Å². The topological polar surface area (TPSA) is 75.3 Å². The number of amides is 1. The molecule has 0 aromatic heterocycles. The maximum atomic E-state index is 13.5. The summed E-state index contributed by atoms with van der Waals surface area (Å²) in [5.41, 5.74) is 7.30. The number of phenols is 1. The first-order valence-electron chi connectivity index (χ1n) is 6.15. The Balaban J connectivity index is 2.00. The molecule has 104 valence electrons. The number of nitrogens with two attached hydrogens (primary N) is 1. The molecular weight excluding hydrogens is 259 g/mol. The molecule has 2 aromatic carbocycles. The van der Waals surface area contributed by atoms with Crippen molar-refractivity contribution in [3.63, 3.8) is 0 Å². The lowest BCUT2D eigenvalue weighted by molar-refractivity contribution is 0.0947. The van der Waals surface area contributed by atoms with Gasteiger partial charge >= 0.3 is 0 Å². The molecule has 0 aliphatic rings. The first kappa shape index (κ1) is 14.0. The number of hydrogen-bond acceptors (Lipinski definition) is 3. The van der Waals surface area contributed by atoms with E-state index in [4.69, 9.17) is 10.8 Å². The Kier molecular flexibility index (Phi) is 4.32. The van der Waals surface area contributed by atoms with Crippen LogP contribution in [0.25, 0.3) is 0 Å². The van der Waals surface area contributed by atoms with Crippen LogP contribution in [0.1, 0.15) is 21.5 Å². The third-order valence-electron chi connectivity index (χ3n) is 2.91. The Bertz CT molecular complexity index is 612. The van der Waals surface area contributed by atoms with Crippen LogP contribution in [0.3, 0.4) is 0 Å². The highest BCUT2D eigenvalue weighted by Crippen LogP contribution is 2.15. The fourth-order valence-corrected chi connectivity index (χ4v) is 1.76. The zero-order valence-corrected chi connectivity index (χ0v) is 10.8. The molecule has 0 aliphatic carbocycles. The first-order chi connectivity index (χ1) is 9.60. The summed E-state index contributed by atoms with van der Waals surface area (Å²) in [7, 11) is 0. The van der Waals surface area contributed by atoms with Gasteiger partial charge in [0.25, 0.3) is 5.91 Å². The molecule has 2 rings (SSSR count). The average Bonchev–Trinajstić information content (AvgIpc) is 2.45. The molecule has 0 bridgehead atoms. The molecule has 2 aromatic rings. The number of halogens is 1. The van der Waals surface area contributed by atoms with Gasteiger partial charge in [0.05, 0.1) is 5.56 Å². The molecular formula is C15H15FN2O2. The summed E-state index contributed by atoms with van der Waals surface area (Å²) in [5, 5.41) is 11.7. The minimum atomic E-state index is -0.749. The van der Waals surface area contributed by atoms with E-state index in [9.17, 15) is 9.18 Å². The van der Waals surface area contributed by atoms with Gasteiger partial charge in [0.15, 0.2) is 0 Å². The molecule has 4 nitrogen and oxygen atoms in total. The molecule has 5 heteroatoms. The van der Waals surface area contributed by atoms with Gasteiger partial charge in [0, 0.05) is 19.2 Å². The summed E-state index contributed by atoms with van der Waals surface area (Å²) in [5.74, 6) is -1.48. The standard InChI is InChI=1S/C15H15FN2O2/c16-14-7-12(19)5-6-13(14)15(20)18-9-11-3-1-10(8-17)2-4-11/h1-7,19H,8-9,17H2,(H,18,20). The Labute approximate surface area is 116 Å². The number of rotatable bonds is 4. The number of benzene rings is 2. The van der Waals surface area contributed by atoms with Crippen molar-refractivity contribution < 1.29 is 14.3 Å². The summed E-state index contributed by atoms with van der Waals surface area (Å²) in [6, 6.07) is 10.9. The lowest BCUT2D eigenvalue weighted by atomic mass is 10.1. The zero-order valence-electron chi connectivity index (χ0n) is 10.8. The van der Waals surface area contributed by atoms with Crippen molar-refractivity contribution in [3.8, 4) is 5.75 Å². The Morgan fingerprint density at radius 2 is 1.80 bits per heavy atom. The molecule has 20 heavy (non-hydrogen) atoms. The summed E-state index contributed by atoms with van der Waals surface area (Å²) in [6.07, 6.45) is 0. The number of carbonyl (C=O) groups excluding carboxylic acids is 1. The molecule has 0 fully saturated rings. The van der Waals surface area contributed by atoms with Crippen LogP contribution < -0.4 is 11.1 Å². The molecule has 0 heterocycles. The van der Waals surface area contributed by atoms with Crippen LogP contribution in [0.15, 0.2) is 42.5 Å². The van der Waals surface area contributed by atoms with E-state index in [0.29, 0.717) is 13.1 Å². The second-order valence-electron chi connectivity index (χ2n) is 4.37. The lowest BCUT2D eigenvalue weighted by Crippen LogP contribution is -2.23. The quantitative estimate of drug-likeness (QED) is 0.797.